The highest BCUT2D eigenvalue weighted by molar-refractivity contribution is 4.94. The Bertz CT molecular complexity index is 286. The fraction of sp³-hybridized carbons (Fsp3) is 0.833. The molecule has 0 radical (unpaired) electrons. The Morgan fingerprint density at radius 3 is 2.69 bits per heavy atom. The zero-order valence-corrected chi connectivity index (χ0v) is 10.4. The molecule has 0 aliphatic carbocycles. The van der Waals surface area contributed by atoms with Gasteiger partial charge in [-0.05, 0) is 6.42 Å². The molecule has 92 valence electrons. The number of hydrogen-bond donors (Lipinski definition) is 1. The lowest BCUT2D eigenvalue weighted by molar-refractivity contribution is 0.366. The predicted octanol–water partition coefficient (Wildman–Crippen LogP) is 2.64. The maximum Gasteiger partial charge on any atom is 0.226 e. The summed E-state index contributed by atoms with van der Waals surface area (Å²) in [7, 11) is 0. The number of rotatable bonds is 8. The molecular formula is C12H23N3O. The fourth-order valence-electron chi connectivity index (χ4n) is 1.55. The Labute approximate surface area is 97.6 Å². The first-order valence-corrected chi connectivity index (χ1v) is 6.30. The van der Waals surface area contributed by atoms with E-state index >= 15 is 0 Å². The summed E-state index contributed by atoms with van der Waals surface area (Å²) in [5.74, 6) is 1.69. The first kappa shape index (κ1) is 13.2. The van der Waals surface area contributed by atoms with E-state index in [0.717, 1.165) is 24.6 Å². The number of nitrogens with two attached hydrogens (primary N) is 1. The molecule has 0 aliphatic heterocycles. The van der Waals surface area contributed by atoms with Gasteiger partial charge in [0.1, 0.15) is 0 Å². The van der Waals surface area contributed by atoms with Crippen LogP contribution in [0.5, 0.6) is 0 Å². The fourth-order valence-corrected chi connectivity index (χ4v) is 1.55. The average Bonchev–Trinajstić information content (AvgIpc) is 2.76. The highest BCUT2D eigenvalue weighted by atomic mass is 16.5. The summed E-state index contributed by atoms with van der Waals surface area (Å²) < 4.78 is 5.18. The van der Waals surface area contributed by atoms with Crippen molar-refractivity contribution in [3.63, 3.8) is 0 Å². The predicted molar refractivity (Wildman–Crippen MR) is 64.2 cm³/mol. The van der Waals surface area contributed by atoms with E-state index in [-0.39, 0.29) is 5.92 Å². The average molecular weight is 225 g/mol. The molecule has 0 aromatic carbocycles. The topological polar surface area (TPSA) is 64.9 Å². The van der Waals surface area contributed by atoms with Crippen LogP contribution < -0.4 is 5.73 Å². The molecule has 0 aliphatic rings. The largest absolute Gasteiger partial charge is 0.339 e. The van der Waals surface area contributed by atoms with Crippen molar-refractivity contribution in [3.8, 4) is 0 Å². The molecule has 1 aromatic rings. The number of hydrogen-bond acceptors (Lipinski definition) is 4. The van der Waals surface area contributed by atoms with Crippen LogP contribution in [0.15, 0.2) is 4.52 Å². The molecule has 0 amide bonds. The van der Waals surface area contributed by atoms with Crippen LogP contribution in [0.2, 0.25) is 0 Å². The summed E-state index contributed by atoms with van der Waals surface area (Å²) in [6.45, 7) is 4.80. The highest BCUT2D eigenvalue weighted by Gasteiger charge is 2.11. The summed E-state index contributed by atoms with van der Waals surface area (Å²) in [5, 5.41) is 3.94. The minimum Gasteiger partial charge on any atom is -0.339 e. The van der Waals surface area contributed by atoms with Crippen LogP contribution in [0.1, 0.15) is 63.6 Å². The lowest BCUT2D eigenvalue weighted by Crippen LogP contribution is -2.10. The highest BCUT2D eigenvalue weighted by Crippen LogP contribution is 2.12. The quantitative estimate of drug-likeness (QED) is 0.691. The summed E-state index contributed by atoms with van der Waals surface area (Å²) in [6, 6.07) is 0. The van der Waals surface area contributed by atoms with Gasteiger partial charge in [-0.1, -0.05) is 44.7 Å². The molecule has 0 saturated carbocycles. The van der Waals surface area contributed by atoms with E-state index in [2.05, 4.69) is 17.1 Å². The van der Waals surface area contributed by atoms with Gasteiger partial charge >= 0.3 is 0 Å². The van der Waals surface area contributed by atoms with Crippen molar-refractivity contribution in [3.05, 3.63) is 11.7 Å². The van der Waals surface area contributed by atoms with Crippen molar-refractivity contribution in [2.24, 2.45) is 5.73 Å². The van der Waals surface area contributed by atoms with Crippen LogP contribution in [0.25, 0.3) is 0 Å². The summed E-state index contributed by atoms with van der Waals surface area (Å²) in [5.41, 5.74) is 5.55. The van der Waals surface area contributed by atoms with Crippen molar-refractivity contribution in [2.45, 2.75) is 58.3 Å². The van der Waals surface area contributed by atoms with Gasteiger partial charge in [0.2, 0.25) is 5.89 Å². The van der Waals surface area contributed by atoms with Crippen LogP contribution in [0.3, 0.4) is 0 Å². The molecule has 2 N–H and O–H groups in total. The molecule has 1 atom stereocenters. The van der Waals surface area contributed by atoms with Crippen LogP contribution in [0.4, 0.5) is 0 Å². The van der Waals surface area contributed by atoms with E-state index < -0.39 is 0 Å². The van der Waals surface area contributed by atoms with Crippen molar-refractivity contribution >= 4 is 0 Å². The van der Waals surface area contributed by atoms with Crippen LogP contribution in [-0.2, 0) is 6.42 Å². The Morgan fingerprint density at radius 2 is 2.00 bits per heavy atom. The summed E-state index contributed by atoms with van der Waals surface area (Å²) in [4.78, 5) is 4.34. The second-order valence-electron chi connectivity index (χ2n) is 4.35. The van der Waals surface area contributed by atoms with E-state index in [0.29, 0.717) is 6.54 Å². The molecule has 0 bridgehead atoms. The maximum atomic E-state index is 5.55. The van der Waals surface area contributed by atoms with Gasteiger partial charge in [0, 0.05) is 18.9 Å². The second kappa shape index (κ2) is 7.39. The lowest BCUT2D eigenvalue weighted by atomic mass is 10.1. The monoisotopic (exact) mass is 225 g/mol. The Kier molecular flexibility index (Phi) is 6.08. The molecule has 4 heteroatoms. The van der Waals surface area contributed by atoms with E-state index in [1.165, 1.54) is 25.7 Å². The minimum absolute atomic E-state index is 0.192. The van der Waals surface area contributed by atoms with Crippen LogP contribution in [-0.4, -0.2) is 16.7 Å². The third kappa shape index (κ3) is 4.31. The van der Waals surface area contributed by atoms with Gasteiger partial charge in [-0.2, -0.15) is 4.98 Å². The second-order valence-corrected chi connectivity index (χ2v) is 4.35. The smallest absolute Gasteiger partial charge is 0.226 e. The van der Waals surface area contributed by atoms with Gasteiger partial charge in [0.05, 0.1) is 0 Å². The van der Waals surface area contributed by atoms with E-state index in [9.17, 15) is 0 Å². The minimum atomic E-state index is 0.192. The van der Waals surface area contributed by atoms with E-state index in [4.69, 9.17) is 10.3 Å². The molecule has 0 fully saturated rings. The van der Waals surface area contributed by atoms with Crippen molar-refractivity contribution in [1.82, 2.24) is 10.1 Å². The number of aryl methyl sites for hydroxylation is 1. The Hall–Kier alpha value is -0.900. The van der Waals surface area contributed by atoms with Crippen LogP contribution in [0, 0.1) is 0 Å². The summed E-state index contributed by atoms with van der Waals surface area (Å²) >= 11 is 0. The normalized spacial score (nSPS) is 12.9. The third-order valence-corrected chi connectivity index (χ3v) is 2.77. The van der Waals surface area contributed by atoms with E-state index in [1.54, 1.807) is 0 Å². The molecule has 0 saturated heterocycles. The maximum absolute atomic E-state index is 5.55. The molecular weight excluding hydrogens is 202 g/mol. The van der Waals surface area contributed by atoms with Gasteiger partial charge in [0.25, 0.3) is 0 Å². The van der Waals surface area contributed by atoms with Crippen molar-refractivity contribution < 1.29 is 4.52 Å². The van der Waals surface area contributed by atoms with Gasteiger partial charge < -0.3 is 10.3 Å². The van der Waals surface area contributed by atoms with Gasteiger partial charge in [-0.15, -0.1) is 0 Å². The van der Waals surface area contributed by atoms with Gasteiger partial charge in [-0.3, -0.25) is 0 Å². The van der Waals surface area contributed by atoms with Crippen LogP contribution >= 0.6 is 0 Å². The summed E-state index contributed by atoms with van der Waals surface area (Å²) in [6.07, 6.45) is 7.18. The SMILES string of the molecule is CCCCCCCc1nc(C(C)CN)no1. The Balaban J connectivity index is 2.24. The number of unbranched alkanes of at least 4 members (excludes halogenated alkanes) is 4. The van der Waals surface area contributed by atoms with Crippen molar-refractivity contribution in [2.75, 3.05) is 6.54 Å². The molecule has 4 nitrogen and oxygen atoms in total. The molecule has 1 heterocycles. The first-order valence-electron chi connectivity index (χ1n) is 6.30. The lowest BCUT2D eigenvalue weighted by Gasteiger charge is -1.99. The molecule has 1 rings (SSSR count). The van der Waals surface area contributed by atoms with Crippen molar-refractivity contribution in [1.29, 1.82) is 0 Å². The van der Waals surface area contributed by atoms with Gasteiger partial charge in [0.15, 0.2) is 5.82 Å². The third-order valence-electron chi connectivity index (χ3n) is 2.77. The first-order chi connectivity index (χ1) is 7.77. The number of aromatic nitrogens is 2. The standard InChI is InChI=1S/C12H23N3O/c1-3-4-5-6-7-8-11-14-12(15-16-11)10(2)9-13/h10H,3-9,13H2,1-2H3. The molecule has 1 unspecified atom stereocenters. The zero-order valence-electron chi connectivity index (χ0n) is 10.4. The zero-order chi connectivity index (χ0) is 11.8. The van der Waals surface area contributed by atoms with E-state index in [1.807, 2.05) is 6.92 Å². The molecule has 0 spiro atoms. The Morgan fingerprint density at radius 1 is 1.25 bits per heavy atom. The molecule has 1 aromatic heterocycles. The van der Waals surface area contributed by atoms with Gasteiger partial charge in [-0.25, -0.2) is 0 Å². The number of nitrogens with zero attached hydrogens (tertiary/aromatic N) is 2. The molecule has 16 heavy (non-hydrogen) atoms.